The van der Waals surface area contributed by atoms with Crippen molar-refractivity contribution in [3.8, 4) is 0 Å². The average molecular weight is 228 g/mol. The molecular formula is C11H20N2O3. The summed E-state index contributed by atoms with van der Waals surface area (Å²) in [6, 6.07) is 0. The lowest BCUT2D eigenvalue weighted by molar-refractivity contribution is -0.137. The van der Waals surface area contributed by atoms with Crippen molar-refractivity contribution in [1.82, 2.24) is 10.2 Å². The predicted molar refractivity (Wildman–Crippen MR) is 59.9 cm³/mol. The molecule has 1 heterocycles. The van der Waals surface area contributed by atoms with Crippen LogP contribution in [0.5, 0.6) is 0 Å². The van der Waals surface area contributed by atoms with Crippen LogP contribution in [0, 0.1) is 0 Å². The molecule has 0 saturated carbocycles. The number of carbonyl (C=O) groups excluding carboxylic acids is 2. The second-order valence-corrected chi connectivity index (χ2v) is 3.97. The molecule has 0 aromatic rings. The van der Waals surface area contributed by atoms with Crippen molar-refractivity contribution in [1.29, 1.82) is 0 Å². The molecule has 1 aliphatic rings. The Labute approximate surface area is 96.1 Å². The summed E-state index contributed by atoms with van der Waals surface area (Å²) in [5.74, 6) is 0.0182. The summed E-state index contributed by atoms with van der Waals surface area (Å²) in [4.78, 5) is 24.5. The maximum atomic E-state index is 11.5. The van der Waals surface area contributed by atoms with Gasteiger partial charge in [0.25, 0.3) is 0 Å². The molecule has 16 heavy (non-hydrogen) atoms. The second-order valence-electron chi connectivity index (χ2n) is 3.97. The fraction of sp³-hybridized carbons (Fsp3) is 0.818. The molecule has 92 valence electrons. The van der Waals surface area contributed by atoms with E-state index < -0.39 is 0 Å². The van der Waals surface area contributed by atoms with E-state index in [1.807, 2.05) is 0 Å². The lowest BCUT2D eigenvalue weighted by atomic mass is 10.1. The molecule has 0 atom stereocenters. The van der Waals surface area contributed by atoms with Gasteiger partial charge in [-0.2, -0.15) is 0 Å². The molecule has 1 N–H and O–H groups in total. The van der Waals surface area contributed by atoms with Crippen LogP contribution in [0.4, 0.5) is 0 Å². The molecule has 5 heteroatoms. The van der Waals surface area contributed by atoms with E-state index in [0.29, 0.717) is 26.1 Å². The molecule has 0 aromatic heterocycles. The van der Waals surface area contributed by atoms with E-state index in [-0.39, 0.29) is 18.4 Å². The summed E-state index contributed by atoms with van der Waals surface area (Å²) in [7, 11) is 1.63. The number of nitrogens with zero attached hydrogens (tertiary/aromatic N) is 1. The zero-order valence-electron chi connectivity index (χ0n) is 9.83. The zero-order valence-corrected chi connectivity index (χ0v) is 9.83. The highest BCUT2D eigenvalue weighted by molar-refractivity contribution is 5.85. The highest BCUT2D eigenvalue weighted by atomic mass is 16.5. The number of piperidine rings is 1. The first-order valence-electron chi connectivity index (χ1n) is 5.77. The third-order valence-corrected chi connectivity index (χ3v) is 2.60. The lowest BCUT2D eigenvalue weighted by Gasteiger charge is -2.25. The minimum Gasteiger partial charge on any atom is -0.385 e. The van der Waals surface area contributed by atoms with E-state index in [2.05, 4.69) is 5.32 Å². The Balaban J connectivity index is 2.15. The van der Waals surface area contributed by atoms with Gasteiger partial charge in [0.2, 0.25) is 11.8 Å². The van der Waals surface area contributed by atoms with Crippen molar-refractivity contribution in [2.75, 3.05) is 33.4 Å². The number of amides is 2. The molecule has 0 radical (unpaired) electrons. The summed E-state index contributed by atoms with van der Waals surface area (Å²) < 4.78 is 4.87. The number of likely N-dealkylation sites (tertiary alicyclic amines) is 1. The van der Waals surface area contributed by atoms with Gasteiger partial charge in [-0.05, 0) is 19.3 Å². The fourth-order valence-electron chi connectivity index (χ4n) is 1.70. The average Bonchev–Trinajstić information content (AvgIpc) is 2.28. The van der Waals surface area contributed by atoms with Crippen LogP contribution in [0.15, 0.2) is 0 Å². The van der Waals surface area contributed by atoms with Crippen LogP contribution in [0.1, 0.15) is 25.7 Å². The highest BCUT2D eigenvalue weighted by Gasteiger charge is 2.19. The molecule has 0 aromatic carbocycles. The van der Waals surface area contributed by atoms with Gasteiger partial charge in [-0.15, -0.1) is 0 Å². The number of rotatable bonds is 6. The molecule has 1 saturated heterocycles. The molecule has 0 aliphatic carbocycles. The summed E-state index contributed by atoms with van der Waals surface area (Å²) >= 11 is 0. The Morgan fingerprint density at radius 3 is 3.00 bits per heavy atom. The van der Waals surface area contributed by atoms with Crippen LogP contribution < -0.4 is 5.32 Å². The second kappa shape index (κ2) is 7.22. The number of methoxy groups -OCH3 is 1. The summed E-state index contributed by atoms with van der Waals surface area (Å²) in [5, 5.41) is 2.77. The Bertz CT molecular complexity index is 243. The van der Waals surface area contributed by atoms with E-state index >= 15 is 0 Å². The third-order valence-electron chi connectivity index (χ3n) is 2.60. The van der Waals surface area contributed by atoms with Crippen LogP contribution >= 0.6 is 0 Å². The van der Waals surface area contributed by atoms with Gasteiger partial charge < -0.3 is 15.0 Å². The number of carbonyl (C=O) groups is 2. The van der Waals surface area contributed by atoms with Gasteiger partial charge in [-0.3, -0.25) is 9.59 Å². The standard InChI is InChI=1S/C11H20N2O3/c1-16-8-4-6-12-10(14)9-13-7-3-2-5-11(13)15/h2-9H2,1H3,(H,12,14). The number of hydrogen-bond acceptors (Lipinski definition) is 3. The van der Waals surface area contributed by atoms with Gasteiger partial charge in [0, 0.05) is 33.2 Å². The molecule has 1 fully saturated rings. The molecule has 0 spiro atoms. The number of hydrogen-bond donors (Lipinski definition) is 1. The highest BCUT2D eigenvalue weighted by Crippen LogP contribution is 2.09. The van der Waals surface area contributed by atoms with Crippen molar-refractivity contribution in [2.45, 2.75) is 25.7 Å². The maximum absolute atomic E-state index is 11.5. The minimum atomic E-state index is -0.0775. The van der Waals surface area contributed by atoms with Gasteiger partial charge in [0.1, 0.15) is 0 Å². The Hall–Kier alpha value is -1.10. The molecule has 1 aliphatic heterocycles. The predicted octanol–water partition coefficient (Wildman–Crippen LogP) is 0.152. The molecule has 0 unspecified atom stereocenters. The first-order valence-corrected chi connectivity index (χ1v) is 5.77. The van der Waals surface area contributed by atoms with Gasteiger partial charge >= 0.3 is 0 Å². The van der Waals surface area contributed by atoms with E-state index in [1.54, 1.807) is 12.0 Å². The van der Waals surface area contributed by atoms with Crippen LogP contribution in [0.25, 0.3) is 0 Å². The van der Waals surface area contributed by atoms with Crippen molar-refractivity contribution < 1.29 is 14.3 Å². The molecule has 5 nitrogen and oxygen atoms in total. The van der Waals surface area contributed by atoms with Crippen LogP contribution in [0.2, 0.25) is 0 Å². The molecular weight excluding hydrogens is 208 g/mol. The smallest absolute Gasteiger partial charge is 0.239 e. The van der Waals surface area contributed by atoms with E-state index in [1.165, 1.54) is 0 Å². The Morgan fingerprint density at radius 1 is 1.50 bits per heavy atom. The van der Waals surface area contributed by atoms with Gasteiger partial charge in [0.15, 0.2) is 0 Å². The fourth-order valence-corrected chi connectivity index (χ4v) is 1.70. The van der Waals surface area contributed by atoms with Crippen molar-refractivity contribution in [3.63, 3.8) is 0 Å². The van der Waals surface area contributed by atoms with Crippen LogP contribution in [0.3, 0.4) is 0 Å². The lowest BCUT2D eigenvalue weighted by Crippen LogP contribution is -2.43. The molecule has 1 rings (SSSR count). The first kappa shape index (κ1) is 13.0. The number of nitrogens with one attached hydrogen (secondary N) is 1. The largest absolute Gasteiger partial charge is 0.385 e. The van der Waals surface area contributed by atoms with E-state index in [9.17, 15) is 9.59 Å². The summed E-state index contributed by atoms with van der Waals surface area (Å²) in [6.45, 7) is 2.16. The maximum Gasteiger partial charge on any atom is 0.239 e. The van der Waals surface area contributed by atoms with E-state index in [4.69, 9.17) is 4.74 Å². The van der Waals surface area contributed by atoms with Gasteiger partial charge in [-0.1, -0.05) is 0 Å². The zero-order chi connectivity index (χ0) is 11.8. The van der Waals surface area contributed by atoms with Crippen molar-refractivity contribution in [3.05, 3.63) is 0 Å². The van der Waals surface area contributed by atoms with E-state index in [0.717, 1.165) is 19.3 Å². The summed E-state index contributed by atoms with van der Waals surface area (Å²) in [6.07, 6.45) is 3.33. The SMILES string of the molecule is COCCCNC(=O)CN1CCCCC1=O. The van der Waals surface area contributed by atoms with Crippen molar-refractivity contribution >= 4 is 11.8 Å². The minimum absolute atomic E-state index is 0.0775. The third kappa shape index (κ3) is 4.61. The first-order chi connectivity index (χ1) is 7.74. The van der Waals surface area contributed by atoms with Crippen LogP contribution in [-0.4, -0.2) is 50.1 Å². The van der Waals surface area contributed by atoms with Gasteiger partial charge in [0.05, 0.1) is 6.54 Å². The summed E-state index contributed by atoms with van der Waals surface area (Å²) in [5.41, 5.74) is 0. The quantitative estimate of drug-likeness (QED) is 0.658. The molecule has 2 amide bonds. The topological polar surface area (TPSA) is 58.6 Å². The Kier molecular flexibility index (Phi) is 5.85. The van der Waals surface area contributed by atoms with Gasteiger partial charge in [-0.25, -0.2) is 0 Å². The Morgan fingerprint density at radius 2 is 2.31 bits per heavy atom. The van der Waals surface area contributed by atoms with Crippen molar-refractivity contribution in [2.24, 2.45) is 0 Å². The number of ether oxygens (including phenoxy) is 1. The van der Waals surface area contributed by atoms with Crippen LogP contribution in [-0.2, 0) is 14.3 Å². The normalized spacial score (nSPS) is 16.3. The monoisotopic (exact) mass is 228 g/mol. The molecule has 0 bridgehead atoms.